The molecule has 2 rings (SSSR count). The number of nitrogens with one attached hydrogen (secondary N) is 1. The van der Waals surface area contributed by atoms with Gasteiger partial charge in [0.25, 0.3) is 0 Å². The lowest BCUT2D eigenvalue weighted by Gasteiger charge is -2.24. The van der Waals surface area contributed by atoms with E-state index in [2.05, 4.69) is 19.2 Å². The van der Waals surface area contributed by atoms with Crippen LogP contribution >= 0.6 is 0 Å². The molecule has 0 spiro atoms. The Balaban J connectivity index is 1.86. The van der Waals surface area contributed by atoms with Gasteiger partial charge in [-0.25, -0.2) is 0 Å². The van der Waals surface area contributed by atoms with Gasteiger partial charge in [-0.1, -0.05) is 13.8 Å². The van der Waals surface area contributed by atoms with Gasteiger partial charge in [0, 0.05) is 18.8 Å². The summed E-state index contributed by atoms with van der Waals surface area (Å²) in [5, 5.41) is 2.88. The van der Waals surface area contributed by atoms with Crippen molar-refractivity contribution in [2.45, 2.75) is 39.2 Å². The van der Waals surface area contributed by atoms with E-state index in [9.17, 15) is 9.59 Å². The zero-order chi connectivity index (χ0) is 18.2. The smallest absolute Gasteiger partial charge is 0.247 e. The van der Waals surface area contributed by atoms with E-state index >= 15 is 0 Å². The largest absolute Gasteiger partial charge is 0.497 e. The van der Waals surface area contributed by atoms with E-state index in [-0.39, 0.29) is 11.8 Å². The monoisotopic (exact) mass is 348 g/mol. The minimum absolute atomic E-state index is 0.0175. The van der Waals surface area contributed by atoms with Gasteiger partial charge in [-0.05, 0) is 43.0 Å². The van der Waals surface area contributed by atoms with Gasteiger partial charge in [-0.15, -0.1) is 0 Å². The van der Waals surface area contributed by atoms with Gasteiger partial charge < -0.3 is 19.7 Å². The number of likely N-dealkylation sites (tertiary alicyclic amines) is 1. The van der Waals surface area contributed by atoms with Crippen molar-refractivity contribution in [3.8, 4) is 5.75 Å². The van der Waals surface area contributed by atoms with Crippen molar-refractivity contribution in [1.29, 1.82) is 0 Å². The Morgan fingerprint density at radius 3 is 2.64 bits per heavy atom. The summed E-state index contributed by atoms with van der Waals surface area (Å²) >= 11 is 0. The molecule has 0 radical (unpaired) electrons. The lowest BCUT2D eigenvalue weighted by atomic mass is 10.2. The fourth-order valence-electron chi connectivity index (χ4n) is 2.86. The quantitative estimate of drug-likeness (QED) is 0.734. The molecule has 1 heterocycles. The average molecular weight is 348 g/mol. The van der Waals surface area contributed by atoms with Crippen LogP contribution in [-0.2, 0) is 14.3 Å². The van der Waals surface area contributed by atoms with Gasteiger partial charge in [0.05, 0.1) is 20.1 Å². The zero-order valence-corrected chi connectivity index (χ0v) is 15.3. The van der Waals surface area contributed by atoms with Crippen LogP contribution in [-0.4, -0.2) is 49.6 Å². The first-order valence-corrected chi connectivity index (χ1v) is 8.83. The summed E-state index contributed by atoms with van der Waals surface area (Å²) in [6, 6.07) is 6.76. The SMILES string of the molecule is COc1ccc(NC(=O)C2CCCN2C(=O)CCOCC(C)C)cc1. The summed E-state index contributed by atoms with van der Waals surface area (Å²) in [4.78, 5) is 26.6. The molecule has 0 aliphatic carbocycles. The van der Waals surface area contributed by atoms with Crippen LogP contribution in [0, 0.1) is 5.92 Å². The molecule has 0 saturated carbocycles. The average Bonchev–Trinajstić information content (AvgIpc) is 3.09. The Labute approximate surface area is 149 Å². The molecule has 1 fully saturated rings. The van der Waals surface area contributed by atoms with E-state index in [1.54, 1.807) is 36.3 Å². The van der Waals surface area contributed by atoms with E-state index in [0.717, 1.165) is 12.2 Å². The summed E-state index contributed by atoms with van der Waals surface area (Å²) in [7, 11) is 1.60. The predicted octanol–water partition coefficient (Wildman–Crippen LogP) is 2.69. The third-order valence-electron chi connectivity index (χ3n) is 4.14. The molecular formula is C19H28N2O4. The molecule has 1 aliphatic heterocycles. The molecule has 6 nitrogen and oxygen atoms in total. The van der Waals surface area contributed by atoms with Gasteiger partial charge in [0.1, 0.15) is 11.8 Å². The Morgan fingerprint density at radius 2 is 2.00 bits per heavy atom. The number of carbonyl (C=O) groups is 2. The van der Waals surface area contributed by atoms with E-state index in [1.165, 1.54) is 0 Å². The highest BCUT2D eigenvalue weighted by Crippen LogP contribution is 2.21. The highest BCUT2D eigenvalue weighted by atomic mass is 16.5. The number of hydrogen-bond acceptors (Lipinski definition) is 4. The minimum Gasteiger partial charge on any atom is -0.497 e. The molecule has 1 aromatic rings. The fourth-order valence-corrected chi connectivity index (χ4v) is 2.86. The van der Waals surface area contributed by atoms with E-state index in [1.807, 2.05) is 0 Å². The van der Waals surface area contributed by atoms with Crippen LogP contribution in [0.3, 0.4) is 0 Å². The number of amides is 2. The Morgan fingerprint density at radius 1 is 1.28 bits per heavy atom. The van der Waals surface area contributed by atoms with E-state index < -0.39 is 6.04 Å². The number of benzene rings is 1. The summed E-state index contributed by atoms with van der Waals surface area (Å²) < 4.78 is 10.6. The number of carbonyl (C=O) groups excluding carboxylic acids is 2. The number of anilines is 1. The molecule has 25 heavy (non-hydrogen) atoms. The van der Waals surface area contributed by atoms with Crippen molar-refractivity contribution in [2.24, 2.45) is 5.92 Å². The van der Waals surface area contributed by atoms with E-state index in [4.69, 9.17) is 9.47 Å². The molecule has 1 aromatic carbocycles. The highest BCUT2D eigenvalue weighted by Gasteiger charge is 2.33. The first-order valence-electron chi connectivity index (χ1n) is 8.83. The number of methoxy groups -OCH3 is 1. The van der Waals surface area contributed by atoms with Crippen molar-refractivity contribution >= 4 is 17.5 Å². The summed E-state index contributed by atoms with van der Waals surface area (Å²) in [5.41, 5.74) is 0.699. The van der Waals surface area contributed by atoms with Crippen molar-refractivity contribution in [2.75, 3.05) is 32.2 Å². The number of ether oxygens (including phenoxy) is 2. The number of hydrogen-bond donors (Lipinski definition) is 1. The second kappa shape index (κ2) is 9.42. The molecule has 0 bridgehead atoms. The summed E-state index contributed by atoms with van der Waals surface area (Å²) in [6.07, 6.45) is 1.86. The van der Waals surface area contributed by atoms with Crippen LogP contribution in [0.4, 0.5) is 5.69 Å². The molecule has 1 aliphatic rings. The highest BCUT2D eigenvalue weighted by molar-refractivity contribution is 5.97. The zero-order valence-electron chi connectivity index (χ0n) is 15.3. The second-order valence-corrected chi connectivity index (χ2v) is 6.68. The first kappa shape index (κ1) is 19.2. The standard InChI is InChI=1S/C19H28N2O4/c1-14(2)13-25-12-10-18(22)21-11-4-5-17(21)19(23)20-15-6-8-16(24-3)9-7-15/h6-9,14,17H,4-5,10-13H2,1-3H3,(H,20,23). The predicted molar refractivity (Wildman–Crippen MR) is 96.6 cm³/mol. The van der Waals surface area contributed by atoms with Crippen molar-refractivity contribution < 1.29 is 19.1 Å². The Kier molecular flexibility index (Phi) is 7.25. The van der Waals surface area contributed by atoms with Gasteiger partial charge in [-0.2, -0.15) is 0 Å². The van der Waals surface area contributed by atoms with Crippen LogP contribution in [0.25, 0.3) is 0 Å². The van der Waals surface area contributed by atoms with Crippen molar-refractivity contribution in [3.63, 3.8) is 0 Å². The lowest BCUT2D eigenvalue weighted by molar-refractivity contribution is -0.137. The maximum Gasteiger partial charge on any atom is 0.247 e. The molecule has 138 valence electrons. The fraction of sp³-hybridized carbons (Fsp3) is 0.579. The van der Waals surface area contributed by atoms with Gasteiger partial charge in [-0.3, -0.25) is 9.59 Å². The maximum absolute atomic E-state index is 12.5. The van der Waals surface area contributed by atoms with Crippen LogP contribution in [0.5, 0.6) is 5.75 Å². The van der Waals surface area contributed by atoms with Gasteiger partial charge >= 0.3 is 0 Å². The molecule has 1 N–H and O–H groups in total. The minimum atomic E-state index is -0.403. The van der Waals surface area contributed by atoms with E-state index in [0.29, 0.717) is 44.2 Å². The van der Waals surface area contributed by atoms with Crippen LogP contribution in [0.15, 0.2) is 24.3 Å². The topological polar surface area (TPSA) is 67.9 Å². The van der Waals surface area contributed by atoms with Crippen molar-refractivity contribution in [3.05, 3.63) is 24.3 Å². The van der Waals surface area contributed by atoms with Crippen LogP contribution < -0.4 is 10.1 Å². The molecule has 2 amide bonds. The lowest BCUT2D eigenvalue weighted by Crippen LogP contribution is -2.43. The Bertz CT molecular complexity index is 571. The normalized spacial score (nSPS) is 17.0. The van der Waals surface area contributed by atoms with Gasteiger partial charge in [0.2, 0.25) is 11.8 Å². The number of nitrogens with zero attached hydrogens (tertiary/aromatic N) is 1. The second-order valence-electron chi connectivity index (χ2n) is 6.68. The molecule has 0 aromatic heterocycles. The van der Waals surface area contributed by atoms with Crippen molar-refractivity contribution in [1.82, 2.24) is 4.90 Å². The summed E-state index contributed by atoms with van der Waals surface area (Å²) in [6.45, 7) is 5.82. The molecule has 1 unspecified atom stereocenters. The third kappa shape index (κ3) is 5.74. The molecule has 1 atom stereocenters. The first-order chi connectivity index (χ1) is 12.0. The van der Waals surface area contributed by atoms with Crippen LogP contribution in [0.1, 0.15) is 33.1 Å². The third-order valence-corrected chi connectivity index (χ3v) is 4.14. The van der Waals surface area contributed by atoms with Crippen LogP contribution in [0.2, 0.25) is 0 Å². The molecular weight excluding hydrogens is 320 g/mol. The summed E-state index contributed by atoms with van der Waals surface area (Å²) in [5.74, 6) is 1.03. The molecule has 1 saturated heterocycles. The number of rotatable bonds is 8. The molecule has 6 heteroatoms. The van der Waals surface area contributed by atoms with Gasteiger partial charge in [0.15, 0.2) is 0 Å². The maximum atomic E-state index is 12.5. The Hall–Kier alpha value is -2.08.